The van der Waals surface area contributed by atoms with Gasteiger partial charge in [0.2, 0.25) is 5.91 Å². The number of amides is 2. The number of likely N-dealkylation sites (N-methyl/N-ethyl adjacent to an activating group) is 1. The molecule has 266 valence electrons. The minimum Gasteiger partial charge on any atom is -0.495 e. The Morgan fingerprint density at radius 1 is 1.23 bits per heavy atom. The lowest BCUT2D eigenvalue weighted by Crippen LogP contribution is -2.63. The van der Waals surface area contributed by atoms with Crippen LogP contribution in [0.25, 0.3) is 0 Å². The zero-order valence-corrected chi connectivity index (χ0v) is 30.3. The molecule has 4 rings (SSSR count). The van der Waals surface area contributed by atoms with Crippen LogP contribution in [0.1, 0.15) is 59.9 Å². The van der Waals surface area contributed by atoms with Crippen molar-refractivity contribution in [3.05, 3.63) is 46.5 Å². The number of esters is 1. The lowest BCUT2D eigenvalue weighted by atomic mass is 9.83. The third-order valence-electron chi connectivity index (χ3n) is 9.98. The van der Waals surface area contributed by atoms with E-state index in [0.29, 0.717) is 17.9 Å². The molecule has 8 atom stereocenters. The van der Waals surface area contributed by atoms with Crippen LogP contribution in [0, 0.1) is 5.92 Å². The number of nitrogens with one attached hydrogen (secondary N) is 1. The number of carbonyl (C=O) groups excluding carboxylic acids is 3. The van der Waals surface area contributed by atoms with Gasteiger partial charge >= 0.3 is 12.1 Å². The van der Waals surface area contributed by atoms with E-state index in [1.54, 1.807) is 33.0 Å². The molecule has 0 aliphatic carbocycles. The largest absolute Gasteiger partial charge is 0.495 e. The Kier molecular flexibility index (Phi) is 11.6. The zero-order valence-electron chi connectivity index (χ0n) is 29.5. The molecule has 48 heavy (non-hydrogen) atoms. The van der Waals surface area contributed by atoms with Gasteiger partial charge in [-0.15, -0.1) is 0 Å². The molecule has 12 nitrogen and oxygen atoms in total. The second kappa shape index (κ2) is 14.8. The van der Waals surface area contributed by atoms with Crippen molar-refractivity contribution in [3.63, 3.8) is 0 Å². The molecule has 0 spiro atoms. The van der Waals surface area contributed by atoms with E-state index in [1.807, 2.05) is 57.9 Å². The summed E-state index contributed by atoms with van der Waals surface area (Å²) in [5.74, 6) is -0.920. The predicted molar refractivity (Wildman–Crippen MR) is 181 cm³/mol. The van der Waals surface area contributed by atoms with Gasteiger partial charge in [0.15, 0.2) is 5.72 Å². The standard InChI is InChI=1S/C35H50ClN3O9/c1-19(2)38(7)22(5)32(41)47-28-17-29(40)39(8)24-15-23(16-25(44-9)30(24)36)14-20(3)12-11-13-27(45-10)35(43)18-26(46-33(42)37-35)21(4)31-34(28,6)48-31/h11-13,15-16,19,21-22,26-28,31,43H,14,17-18H2,1-10H3,(H,37,42)/b13-11+,20-12+/t21-,22?,26?,27?,28?,31?,34?,35?/m1/s1. The van der Waals surface area contributed by atoms with Crippen molar-refractivity contribution in [3.8, 4) is 5.75 Å². The van der Waals surface area contributed by atoms with Gasteiger partial charge in [-0.2, -0.15) is 0 Å². The predicted octanol–water partition coefficient (Wildman–Crippen LogP) is 4.40. The maximum atomic E-state index is 14.0. The average molecular weight is 692 g/mol. The van der Waals surface area contributed by atoms with Crippen LogP contribution in [-0.2, 0) is 35.0 Å². The number of benzene rings is 1. The van der Waals surface area contributed by atoms with Crippen LogP contribution in [0.4, 0.5) is 10.5 Å². The van der Waals surface area contributed by atoms with Crippen LogP contribution in [0.2, 0.25) is 5.02 Å². The fraction of sp³-hybridized carbons (Fsp3) is 0.629. The maximum Gasteiger partial charge on any atom is 0.409 e. The normalized spacial score (nSPS) is 33.6. The molecule has 13 heteroatoms. The number of alkyl carbamates (subject to hydrolysis) is 1. The van der Waals surface area contributed by atoms with Crippen LogP contribution in [0.5, 0.6) is 5.75 Å². The van der Waals surface area contributed by atoms with Crippen molar-refractivity contribution in [2.75, 3.05) is 33.2 Å². The molecule has 3 aliphatic rings. The first-order chi connectivity index (χ1) is 22.4. The Hall–Kier alpha value is -3.16. The zero-order chi connectivity index (χ0) is 35.7. The lowest BCUT2D eigenvalue weighted by Gasteiger charge is -2.42. The van der Waals surface area contributed by atoms with Gasteiger partial charge in [-0.1, -0.05) is 42.3 Å². The van der Waals surface area contributed by atoms with Crippen LogP contribution in [0.15, 0.2) is 35.9 Å². The first-order valence-electron chi connectivity index (χ1n) is 16.3. The summed E-state index contributed by atoms with van der Waals surface area (Å²) < 4.78 is 29.2. The summed E-state index contributed by atoms with van der Waals surface area (Å²) in [6.07, 6.45) is 1.52. The molecule has 3 aliphatic heterocycles. The van der Waals surface area contributed by atoms with Gasteiger partial charge in [0.25, 0.3) is 0 Å². The summed E-state index contributed by atoms with van der Waals surface area (Å²) in [5.41, 5.74) is -0.654. The topological polar surface area (TPSA) is 139 Å². The number of carbonyl (C=O) groups is 3. The molecule has 7 unspecified atom stereocenters. The van der Waals surface area contributed by atoms with Crippen LogP contribution >= 0.6 is 11.6 Å². The van der Waals surface area contributed by atoms with E-state index in [1.165, 1.54) is 19.1 Å². The number of rotatable bonds is 6. The van der Waals surface area contributed by atoms with Gasteiger partial charge in [0.05, 0.1) is 25.3 Å². The Morgan fingerprint density at radius 3 is 2.54 bits per heavy atom. The van der Waals surface area contributed by atoms with E-state index in [2.05, 4.69) is 5.32 Å². The SMILES string of the molecule is COc1cc2cc(c1Cl)N(C)C(=O)CC(OC(=O)C(C)N(C)C(C)C)C1(C)OC1[C@H](C)C1CC(O)(NC(=O)O1)C(OC)/C=C/C=C(\C)C2. The molecule has 2 amide bonds. The smallest absolute Gasteiger partial charge is 0.409 e. The summed E-state index contributed by atoms with van der Waals surface area (Å²) in [4.78, 5) is 43.6. The van der Waals surface area contributed by atoms with Crippen molar-refractivity contribution >= 4 is 35.3 Å². The number of hydrogen-bond acceptors (Lipinski definition) is 10. The molecule has 3 heterocycles. The van der Waals surface area contributed by atoms with Gasteiger partial charge in [0, 0.05) is 32.5 Å². The van der Waals surface area contributed by atoms with Crippen molar-refractivity contribution in [2.24, 2.45) is 5.92 Å². The van der Waals surface area contributed by atoms with E-state index in [0.717, 1.165) is 11.1 Å². The Morgan fingerprint density at radius 2 is 1.92 bits per heavy atom. The highest BCUT2D eigenvalue weighted by atomic mass is 35.5. The number of ether oxygens (including phenoxy) is 5. The molecule has 1 aromatic rings. The fourth-order valence-electron chi connectivity index (χ4n) is 6.46. The molecule has 2 N–H and O–H groups in total. The summed E-state index contributed by atoms with van der Waals surface area (Å²) in [6, 6.07) is 3.11. The average Bonchev–Trinajstić information content (AvgIpc) is 3.73. The number of methoxy groups -OCH3 is 2. The molecule has 2 saturated heterocycles. The second-order valence-corrected chi connectivity index (χ2v) is 14.0. The fourth-order valence-corrected chi connectivity index (χ4v) is 6.77. The van der Waals surface area contributed by atoms with E-state index in [4.69, 9.17) is 35.3 Å². The molecule has 0 radical (unpaired) electrons. The summed E-state index contributed by atoms with van der Waals surface area (Å²) in [6.45, 7) is 11.2. The Bertz CT molecular complexity index is 1450. The minimum atomic E-state index is -1.78. The summed E-state index contributed by atoms with van der Waals surface area (Å²) in [7, 11) is 6.41. The maximum absolute atomic E-state index is 14.0. The van der Waals surface area contributed by atoms with E-state index in [-0.39, 0.29) is 29.8 Å². The number of aliphatic hydroxyl groups is 1. The van der Waals surface area contributed by atoms with E-state index >= 15 is 0 Å². The van der Waals surface area contributed by atoms with Crippen LogP contribution in [-0.4, -0.2) is 104 Å². The molecule has 1 aromatic carbocycles. The number of epoxide rings is 1. The second-order valence-electron chi connectivity index (χ2n) is 13.7. The molecule has 4 bridgehead atoms. The number of allylic oxidation sites excluding steroid dienone is 3. The van der Waals surface area contributed by atoms with Crippen molar-refractivity contribution < 1.29 is 43.2 Å². The molecular weight excluding hydrogens is 642 g/mol. The van der Waals surface area contributed by atoms with Crippen molar-refractivity contribution in [2.45, 2.75) is 109 Å². The van der Waals surface area contributed by atoms with Gasteiger partial charge < -0.3 is 33.7 Å². The third-order valence-corrected chi connectivity index (χ3v) is 10.4. The number of nitrogens with zero attached hydrogens (tertiary/aromatic N) is 2. The van der Waals surface area contributed by atoms with Gasteiger partial charge in [-0.3, -0.25) is 19.8 Å². The monoisotopic (exact) mass is 691 g/mol. The summed E-state index contributed by atoms with van der Waals surface area (Å²) in [5, 5.41) is 14.5. The first-order valence-corrected chi connectivity index (χ1v) is 16.6. The highest BCUT2D eigenvalue weighted by molar-refractivity contribution is 6.35. The van der Waals surface area contributed by atoms with Crippen molar-refractivity contribution in [1.82, 2.24) is 10.2 Å². The highest BCUT2D eigenvalue weighted by Crippen LogP contribution is 2.49. The molecule has 0 saturated carbocycles. The lowest BCUT2D eigenvalue weighted by molar-refractivity contribution is -0.159. The molecule has 0 aromatic heterocycles. The van der Waals surface area contributed by atoms with Crippen LogP contribution in [0.3, 0.4) is 0 Å². The van der Waals surface area contributed by atoms with Gasteiger partial charge in [-0.05, 0) is 65.8 Å². The number of hydrogen-bond donors (Lipinski definition) is 2. The molecule has 2 fully saturated rings. The number of anilines is 1. The number of halogens is 1. The Labute approximate surface area is 288 Å². The quantitative estimate of drug-likeness (QED) is 0.326. The third kappa shape index (κ3) is 7.83. The van der Waals surface area contributed by atoms with Gasteiger partial charge in [-0.25, -0.2) is 4.79 Å². The first kappa shape index (κ1) is 37.7. The van der Waals surface area contributed by atoms with E-state index in [9.17, 15) is 19.5 Å². The Balaban J connectivity index is 1.79. The van der Waals surface area contributed by atoms with Crippen molar-refractivity contribution in [1.29, 1.82) is 0 Å². The van der Waals surface area contributed by atoms with Gasteiger partial charge in [0.1, 0.15) is 40.7 Å². The highest BCUT2D eigenvalue weighted by Gasteiger charge is 2.64. The van der Waals surface area contributed by atoms with Crippen LogP contribution < -0.4 is 15.0 Å². The van der Waals surface area contributed by atoms with E-state index < -0.39 is 59.8 Å². The number of fused-ring (bicyclic) bond motifs is 5. The minimum absolute atomic E-state index is 0.00609. The molecular formula is C35H50ClN3O9. The summed E-state index contributed by atoms with van der Waals surface area (Å²) >= 11 is 6.74.